The van der Waals surface area contributed by atoms with Crippen LogP contribution < -0.4 is 21.2 Å². The zero-order valence-corrected chi connectivity index (χ0v) is 20.6. The Labute approximate surface area is 207 Å². The first-order valence-corrected chi connectivity index (χ1v) is 12.5. The molecule has 2 aromatic heterocycles. The van der Waals surface area contributed by atoms with E-state index in [4.69, 9.17) is 21.1 Å². The fraction of sp³-hybridized carbons (Fsp3) is 0.400. The maximum Gasteiger partial charge on any atom is 0.226 e. The molecule has 10 heteroatoms. The van der Waals surface area contributed by atoms with Crippen LogP contribution in [0.3, 0.4) is 0 Å². The van der Waals surface area contributed by atoms with Crippen molar-refractivity contribution in [3.63, 3.8) is 0 Å². The van der Waals surface area contributed by atoms with Crippen LogP contribution in [0, 0.1) is 23.2 Å². The second kappa shape index (κ2) is 9.15. The third-order valence-corrected chi connectivity index (χ3v) is 7.71. The Kier molecular flexibility index (Phi) is 6.03. The summed E-state index contributed by atoms with van der Waals surface area (Å²) in [5.41, 5.74) is 9.29. The van der Waals surface area contributed by atoms with E-state index in [9.17, 15) is 4.79 Å². The number of benzene rings is 1. The molecule has 3 aromatic rings. The van der Waals surface area contributed by atoms with Gasteiger partial charge in [-0.3, -0.25) is 10.2 Å². The van der Waals surface area contributed by atoms with E-state index in [0.717, 1.165) is 28.7 Å². The van der Waals surface area contributed by atoms with E-state index in [1.165, 1.54) is 16.7 Å². The number of hydrogen-bond acceptors (Lipinski definition) is 8. The van der Waals surface area contributed by atoms with Crippen molar-refractivity contribution < 1.29 is 14.9 Å². The molecule has 1 atom stereocenters. The van der Waals surface area contributed by atoms with Gasteiger partial charge in [-0.05, 0) is 44.7 Å². The number of nitrogens with zero attached hydrogens (tertiary/aromatic N) is 4. The Morgan fingerprint density at radius 3 is 2.91 bits per heavy atom. The summed E-state index contributed by atoms with van der Waals surface area (Å²) in [7, 11) is 0. The molecule has 0 saturated carbocycles. The summed E-state index contributed by atoms with van der Waals surface area (Å²) in [5.74, 6) is 1.40. The number of carbonyl (C=O) groups is 1. The molecule has 1 unspecified atom stereocenters. The minimum atomic E-state index is -0.0506. The predicted octanol–water partition coefficient (Wildman–Crippen LogP) is 2.07. The average molecular weight is 491 g/mol. The van der Waals surface area contributed by atoms with E-state index in [1.807, 2.05) is 24.8 Å². The van der Waals surface area contributed by atoms with Crippen molar-refractivity contribution in [1.29, 1.82) is 5.26 Å². The Bertz CT molecular complexity index is 1350. The quantitative estimate of drug-likeness (QED) is 0.354. The third-order valence-electron chi connectivity index (χ3n) is 6.55. The van der Waals surface area contributed by atoms with Crippen LogP contribution in [-0.2, 0) is 17.6 Å². The topological polar surface area (TPSA) is 143 Å². The number of nitrogens with two attached hydrogens (primary N) is 2. The highest BCUT2D eigenvalue weighted by molar-refractivity contribution is 7.19. The number of hydrogen-bond donors (Lipinski definition) is 3. The number of ether oxygens (including phenoxy) is 1. The lowest BCUT2D eigenvalue weighted by molar-refractivity contribution is -0.141. The van der Waals surface area contributed by atoms with Crippen molar-refractivity contribution in [2.45, 2.75) is 39.2 Å². The normalized spacial score (nSPS) is 17.5. The molecule has 1 fully saturated rings. The summed E-state index contributed by atoms with van der Waals surface area (Å²) in [6.07, 6.45) is 5.23. The molecule has 1 saturated heterocycles. The van der Waals surface area contributed by atoms with Gasteiger partial charge in [-0.2, -0.15) is 5.26 Å². The molecule has 0 bridgehead atoms. The van der Waals surface area contributed by atoms with Crippen LogP contribution in [0.25, 0.3) is 10.2 Å². The van der Waals surface area contributed by atoms with Gasteiger partial charge in [0, 0.05) is 35.6 Å². The van der Waals surface area contributed by atoms with Gasteiger partial charge < -0.3 is 20.7 Å². The molecular weight excluding hydrogens is 462 g/mol. The standard InChI is InChI=1S/C25H27N7O2S/c1-13(2)34-20-7-18(28)16(9-27)5-19(20)31-23-22-17-4-3-15(25(33)32-10-14(8-26)11-32)6-21(17)35-24(22)30-12-29-23/h5,7,9,12-15,27H,3-4,6,10-11,28H2,1-2H3,(H,29,30,31)/p+1. The minimum absolute atomic E-state index is 0.0263. The molecule has 1 amide bonds. The predicted molar refractivity (Wildman–Crippen MR) is 136 cm³/mol. The second-order valence-electron chi connectivity index (χ2n) is 9.35. The molecule has 0 radical (unpaired) electrons. The summed E-state index contributed by atoms with van der Waals surface area (Å²) in [6.45, 7) is 5.02. The lowest BCUT2D eigenvalue weighted by atomic mass is 9.85. The third kappa shape index (κ3) is 4.28. The van der Waals surface area contributed by atoms with Gasteiger partial charge in [-0.25, -0.2) is 9.97 Å². The Morgan fingerprint density at radius 1 is 1.40 bits per heavy atom. The molecular formula is C25H28N7O2S+. The maximum absolute atomic E-state index is 12.9. The van der Waals surface area contributed by atoms with Gasteiger partial charge >= 0.3 is 0 Å². The van der Waals surface area contributed by atoms with Gasteiger partial charge in [0.15, 0.2) is 6.21 Å². The largest absolute Gasteiger partial charge is 0.489 e. The number of fused-ring (bicyclic) bond motifs is 3. The molecule has 1 aromatic carbocycles. The summed E-state index contributed by atoms with van der Waals surface area (Å²) in [4.78, 5) is 25.9. The molecule has 3 heterocycles. The summed E-state index contributed by atoms with van der Waals surface area (Å²) in [6, 6.07) is 5.86. The first kappa shape index (κ1) is 23.1. The van der Waals surface area contributed by atoms with Crippen molar-refractivity contribution >= 4 is 50.9 Å². The Morgan fingerprint density at radius 2 is 2.20 bits per heavy atom. The van der Waals surface area contributed by atoms with E-state index < -0.39 is 0 Å². The number of aromatic nitrogens is 2. The molecule has 9 nitrogen and oxygen atoms in total. The van der Waals surface area contributed by atoms with Crippen molar-refractivity contribution in [3.8, 4) is 11.8 Å². The number of nitriles is 1. The average Bonchev–Trinajstić information content (AvgIpc) is 3.18. The molecule has 5 N–H and O–H groups in total. The number of nitrogen functional groups attached to an aromatic ring is 1. The fourth-order valence-corrected chi connectivity index (χ4v) is 6.01. The Balaban J connectivity index is 1.45. The second-order valence-corrected chi connectivity index (χ2v) is 10.4. The van der Waals surface area contributed by atoms with E-state index in [2.05, 4.69) is 21.4 Å². The smallest absolute Gasteiger partial charge is 0.226 e. The summed E-state index contributed by atoms with van der Waals surface area (Å²) < 4.78 is 6.00. The molecule has 1 aliphatic carbocycles. The first-order chi connectivity index (χ1) is 16.9. The number of thiophene rings is 1. The van der Waals surface area contributed by atoms with Crippen LogP contribution in [0.5, 0.6) is 5.75 Å². The molecule has 2 aliphatic rings. The zero-order chi connectivity index (χ0) is 24.7. The van der Waals surface area contributed by atoms with E-state index >= 15 is 0 Å². The van der Waals surface area contributed by atoms with Crippen LogP contribution in [0.1, 0.15) is 36.3 Å². The van der Waals surface area contributed by atoms with Gasteiger partial charge in [0.1, 0.15) is 22.7 Å². The van der Waals surface area contributed by atoms with Crippen molar-refractivity contribution in [3.05, 3.63) is 34.5 Å². The Hall–Kier alpha value is -3.71. The number of aryl methyl sites for hydroxylation is 1. The van der Waals surface area contributed by atoms with E-state index in [0.29, 0.717) is 42.3 Å². The molecule has 5 rings (SSSR count). The minimum Gasteiger partial charge on any atom is -0.489 e. The van der Waals surface area contributed by atoms with Crippen LogP contribution >= 0.6 is 11.3 Å². The van der Waals surface area contributed by atoms with E-state index in [-0.39, 0.29) is 23.8 Å². The highest BCUT2D eigenvalue weighted by Gasteiger charge is 2.37. The first-order valence-electron chi connectivity index (χ1n) is 11.7. The maximum atomic E-state index is 12.9. The fourth-order valence-electron chi connectivity index (χ4n) is 4.75. The number of likely N-dealkylation sites (tertiary alicyclic amines) is 1. The van der Waals surface area contributed by atoms with Crippen molar-refractivity contribution in [1.82, 2.24) is 14.9 Å². The van der Waals surface area contributed by atoms with Crippen LogP contribution in [0.4, 0.5) is 17.2 Å². The summed E-state index contributed by atoms with van der Waals surface area (Å²) in [5, 5.41) is 19.2. The summed E-state index contributed by atoms with van der Waals surface area (Å²) >= 11 is 1.62. The number of carbonyl (C=O) groups excluding carboxylic acids is 1. The highest BCUT2D eigenvalue weighted by atomic mass is 32.1. The lowest BCUT2D eigenvalue weighted by Gasteiger charge is -2.38. The molecule has 180 valence electrons. The van der Waals surface area contributed by atoms with Crippen LogP contribution in [0.2, 0.25) is 0 Å². The lowest BCUT2D eigenvalue weighted by Crippen LogP contribution is -2.52. The van der Waals surface area contributed by atoms with Crippen LogP contribution in [-0.4, -0.2) is 46.2 Å². The van der Waals surface area contributed by atoms with Crippen molar-refractivity contribution in [2.75, 3.05) is 24.1 Å². The van der Waals surface area contributed by atoms with Gasteiger partial charge in [0.2, 0.25) is 5.91 Å². The zero-order valence-electron chi connectivity index (χ0n) is 19.7. The molecule has 35 heavy (non-hydrogen) atoms. The monoisotopic (exact) mass is 490 g/mol. The molecule has 0 spiro atoms. The number of anilines is 3. The van der Waals surface area contributed by atoms with Crippen molar-refractivity contribution in [2.24, 2.45) is 11.8 Å². The van der Waals surface area contributed by atoms with Gasteiger partial charge in [0.25, 0.3) is 0 Å². The van der Waals surface area contributed by atoms with Crippen LogP contribution in [0.15, 0.2) is 18.5 Å². The number of nitrogens with one attached hydrogen (secondary N) is 1. The number of rotatable bonds is 6. The SMILES string of the molecule is CC(C)Oc1cc(N)c(C=[NH2+])cc1Nc1ncnc2sc3c(c12)CCC(C(=O)N1CC(C#N)C1)C3. The van der Waals surface area contributed by atoms with Gasteiger partial charge in [0.05, 0.1) is 34.7 Å². The highest BCUT2D eigenvalue weighted by Crippen LogP contribution is 2.42. The van der Waals surface area contributed by atoms with Gasteiger partial charge in [-0.15, -0.1) is 11.3 Å². The van der Waals surface area contributed by atoms with Gasteiger partial charge in [-0.1, -0.05) is 0 Å². The number of amides is 1. The van der Waals surface area contributed by atoms with E-state index in [1.54, 1.807) is 23.7 Å². The molecule has 1 aliphatic heterocycles.